The Morgan fingerprint density at radius 1 is 1.18 bits per heavy atom. The lowest BCUT2D eigenvalue weighted by Crippen LogP contribution is -2.50. The zero-order valence-electron chi connectivity index (χ0n) is 16.2. The van der Waals surface area contributed by atoms with Crippen molar-refractivity contribution in [3.05, 3.63) is 47.6 Å². The van der Waals surface area contributed by atoms with E-state index in [9.17, 15) is 4.79 Å². The molecule has 1 fully saturated rings. The lowest BCUT2D eigenvalue weighted by Gasteiger charge is -2.37. The van der Waals surface area contributed by atoms with Gasteiger partial charge in [-0.15, -0.1) is 11.3 Å². The molecule has 1 saturated heterocycles. The van der Waals surface area contributed by atoms with E-state index >= 15 is 0 Å². The van der Waals surface area contributed by atoms with E-state index in [1.54, 1.807) is 29.4 Å². The molecular formula is C21H24N4OS2. The maximum Gasteiger partial charge on any atom is 0.235 e. The van der Waals surface area contributed by atoms with E-state index in [4.69, 9.17) is 0 Å². The summed E-state index contributed by atoms with van der Waals surface area (Å²) < 4.78 is 0. The molecule has 1 atom stereocenters. The first kappa shape index (κ1) is 19.2. The highest BCUT2D eigenvalue weighted by molar-refractivity contribution is 8.00. The van der Waals surface area contributed by atoms with Crippen LogP contribution in [0.5, 0.6) is 0 Å². The molecule has 5 nitrogen and oxygen atoms in total. The maximum atomic E-state index is 13.0. The van der Waals surface area contributed by atoms with Gasteiger partial charge in [0.2, 0.25) is 5.91 Å². The zero-order chi connectivity index (χ0) is 19.5. The summed E-state index contributed by atoms with van der Waals surface area (Å²) in [6.07, 6.45) is 2.60. The molecule has 0 bridgehead atoms. The molecule has 0 spiro atoms. The van der Waals surface area contributed by atoms with Gasteiger partial charge in [-0.1, -0.05) is 36.9 Å². The summed E-state index contributed by atoms with van der Waals surface area (Å²) in [6, 6.07) is 12.6. The van der Waals surface area contributed by atoms with Crippen molar-refractivity contribution in [3.63, 3.8) is 0 Å². The molecule has 146 valence electrons. The van der Waals surface area contributed by atoms with E-state index in [1.807, 2.05) is 17.9 Å². The number of para-hydroxylation sites is 1. The van der Waals surface area contributed by atoms with Crippen molar-refractivity contribution in [1.82, 2.24) is 14.9 Å². The summed E-state index contributed by atoms with van der Waals surface area (Å²) >= 11 is 3.25. The third-order valence-corrected chi connectivity index (χ3v) is 7.33. The Labute approximate surface area is 173 Å². The van der Waals surface area contributed by atoms with E-state index in [2.05, 4.69) is 52.1 Å². The van der Waals surface area contributed by atoms with Crippen molar-refractivity contribution >= 4 is 44.9 Å². The molecule has 3 heterocycles. The van der Waals surface area contributed by atoms with Crippen molar-refractivity contribution in [3.8, 4) is 0 Å². The summed E-state index contributed by atoms with van der Waals surface area (Å²) in [5.41, 5.74) is 1.23. The molecule has 0 N–H and O–H groups in total. The Morgan fingerprint density at radius 3 is 2.64 bits per heavy atom. The second-order valence-corrected chi connectivity index (χ2v) is 9.32. The number of rotatable bonds is 5. The van der Waals surface area contributed by atoms with E-state index in [-0.39, 0.29) is 11.2 Å². The number of hydrogen-bond donors (Lipinski definition) is 0. The lowest BCUT2D eigenvalue weighted by molar-refractivity contribution is -0.130. The topological polar surface area (TPSA) is 49.3 Å². The number of aryl methyl sites for hydroxylation is 1. The number of anilines is 1. The number of nitrogens with zero attached hydrogens (tertiary/aromatic N) is 4. The van der Waals surface area contributed by atoms with Gasteiger partial charge in [0.1, 0.15) is 16.2 Å². The highest BCUT2D eigenvalue weighted by Gasteiger charge is 2.26. The Morgan fingerprint density at radius 2 is 1.93 bits per heavy atom. The van der Waals surface area contributed by atoms with Crippen molar-refractivity contribution in [2.75, 3.05) is 31.1 Å². The lowest BCUT2D eigenvalue weighted by atomic mass is 10.2. The largest absolute Gasteiger partial charge is 0.368 e. The van der Waals surface area contributed by atoms with Gasteiger partial charge < -0.3 is 9.80 Å². The quantitative estimate of drug-likeness (QED) is 0.467. The smallest absolute Gasteiger partial charge is 0.235 e. The molecule has 1 aliphatic heterocycles. The molecule has 3 aromatic rings. The number of carbonyl (C=O) groups is 1. The number of thiophene rings is 1. The summed E-state index contributed by atoms with van der Waals surface area (Å²) in [6.45, 7) is 7.39. The van der Waals surface area contributed by atoms with E-state index in [0.717, 1.165) is 47.8 Å². The predicted octanol–water partition coefficient (Wildman–Crippen LogP) is 4.08. The molecule has 0 aliphatic carbocycles. The summed E-state index contributed by atoms with van der Waals surface area (Å²) in [7, 11) is 0. The van der Waals surface area contributed by atoms with Gasteiger partial charge in [-0.05, 0) is 31.5 Å². The number of aromatic nitrogens is 2. The van der Waals surface area contributed by atoms with Crippen LogP contribution in [0.2, 0.25) is 0 Å². The number of fused-ring (bicyclic) bond motifs is 1. The van der Waals surface area contributed by atoms with Gasteiger partial charge in [0.15, 0.2) is 0 Å². The average molecular weight is 413 g/mol. The minimum Gasteiger partial charge on any atom is -0.368 e. The third-order valence-electron chi connectivity index (χ3n) is 5.04. The van der Waals surface area contributed by atoms with Gasteiger partial charge >= 0.3 is 0 Å². The van der Waals surface area contributed by atoms with Crippen LogP contribution in [0, 0.1) is 0 Å². The van der Waals surface area contributed by atoms with Crippen LogP contribution in [-0.4, -0.2) is 52.2 Å². The van der Waals surface area contributed by atoms with Crippen LogP contribution >= 0.6 is 23.1 Å². The molecule has 1 aromatic carbocycles. The third kappa shape index (κ3) is 4.00. The maximum absolute atomic E-state index is 13.0. The minimum atomic E-state index is -0.161. The first-order valence-electron chi connectivity index (χ1n) is 9.64. The van der Waals surface area contributed by atoms with Gasteiger partial charge in [0.25, 0.3) is 0 Å². The van der Waals surface area contributed by atoms with Crippen molar-refractivity contribution in [2.24, 2.45) is 0 Å². The molecule has 7 heteroatoms. The van der Waals surface area contributed by atoms with Crippen LogP contribution < -0.4 is 4.90 Å². The van der Waals surface area contributed by atoms with Crippen molar-refractivity contribution in [1.29, 1.82) is 0 Å². The molecular weight excluding hydrogens is 388 g/mol. The molecule has 2 aromatic heterocycles. The van der Waals surface area contributed by atoms with Crippen LogP contribution in [-0.2, 0) is 11.2 Å². The molecule has 4 rings (SSSR count). The van der Waals surface area contributed by atoms with Crippen LogP contribution in [0.25, 0.3) is 10.2 Å². The average Bonchev–Trinajstić information content (AvgIpc) is 3.18. The fraction of sp³-hybridized carbons (Fsp3) is 0.381. The van der Waals surface area contributed by atoms with E-state index < -0.39 is 0 Å². The monoisotopic (exact) mass is 412 g/mol. The van der Waals surface area contributed by atoms with Gasteiger partial charge in [-0.2, -0.15) is 0 Å². The fourth-order valence-corrected chi connectivity index (χ4v) is 5.43. The summed E-state index contributed by atoms with van der Waals surface area (Å²) in [5.74, 6) is 0.190. The minimum absolute atomic E-state index is 0.161. The molecule has 1 amide bonds. The Hall–Kier alpha value is -2.12. The van der Waals surface area contributed by atoms with Gasteiger partial charge in [0, 0.05) is 42.1 Å². The number of thioether (sulfide) groups is 1. The van der Waals surface area contributed by atoms with Crippen molar-refractivity contribution in [2.45, 2.75) is 30.5 Å². The fourth-order valence-electron chi connectivity index (χ4n) is 3.45. The summed E-state index contributed by atoms with van der Waals surface area (Å²) in [5, 5.41) is 1.82. The van der Waals surface area contributed by atoms with Crippen molar-refractivity contribution < 1.29 is 4.79 Å². The van der Waals surface area contributed by atoms with Gasteiger partial charge in [-0.3, -0.25) is 4.79 Å². The molecule has 0 saturated carbocycles. The Kier molecular flexibility index (Phi) is 5.82. The molecule has 28 heavy (non-hydrogen) atoms. The van der Waals surface area contributed by atoms with Crippen LogP contribution in [0.1, 0.15) is 18.7 Å². The molecule has 1 aliphatic rings. The molecule has 1 unspecified atom stereocenters. The number of piperazine rings is 1. The Balaban J connectivity index is 1.40. The molecule has 0 radical (unpaired) electrons. The summed E-state index contributed by atoms with van der Waals surface area (Å²) in [4.78, 5) is 28.5. The SMILES string of the molecule is CCc1cc2c(SC(C)C(=O)N3CCN(c4ccccc4)CC3)ncnc2s1. The van der Waals surface area contributed by atoms with Gasteiger partial charge in [0.05, 0.1) is 5.25 Å². The number of carbonyl (C=O) groups excluding carboxylic acids is 1. The first-order chi connectivity index (χ1) is 13.7. The van der Waals surface area contributed by atoms with Crippen LogP contribution in [0.15, 0.2) is 47.8 Å². The Bertz CT molecular complexity index is 951. The van der Waals surface area contributed by atoms with E-state index in [1.165, 1.54) is 10.6 Å². The second-order valence-electron chi connectivity index (χ2n) is 6.87. The van der Waals surface area contributed by atoms with Gasteiger partial charge in [-0.25, -0.2) is 9.97 Å². The standard InChI is InChI=1S/C21H24N4OS2/c1-3-17-13-18-19(22-14-23-20(18)28-17)27-15(2)21(26)25-11-9-24(10-12-25)16-7-5-4-6-8-16/h4-8,13-15H,3,9-12H2,1-2H3. The number of hydrogen-bond acceptors (Lipinski definition) is 6. The first-order valence-corrected chi connectivity index (χ1v) is 11.3. The zero-order valence-corrected chi connectivity index (χ0v) is 17.8. The number of amides is 1. The number of benzene rings is 1. The van der Waals surface area contributed by atoms with Crippen LogP contribution in [0.4, 0.5) is 5.69 Å². The second kappa shape index (κ2) is 8.49. The highest BCUT2D eigenvalue weighted by atomic mass is 32.2. The highest BCUT2D eigenvalue weighted by Crippen LogP contribution is 2.33. The van der Waals surface area contributed by atoms with Crippen LogP contribution in [0.3, 0.4) is 0 Å². The predicted molar refractivity (Wildman–Crippen MR) is 117 cm³/mol. The normalized spacial score (nSPS) is 15.8. The van der Waals surface area contributed by atoms with E-state index in [0.29, 0.717) is 0 Å².